The summed E-state index contributed by atoms with van der Waals surface area (Å²) < 4.78 is 5.42. The second-order valence-corrected chi connectivity index (χ2v) is 14.6. The summed E-state index contributed by atoms with van der Waals surface area (Å²) in [7, 11) is 0. The molecule has 4 aliphatic rings. The number of azide groups is 1. The van der Waals surface area contributed by atoms with E-state index in [0.29, 0.717) is 47.5 Å². The van der Waals surface area contributed by atoms with Gasteiger partial charge in [-0.05, 0) is 135 Å². The zero-order chi connectivity index (χ0) is 29.5. The molecular formula is C34H49N3O4. The van der Waals surface area contributed by atoms with Crippen LogP contribution in [0.15, 0.2) is 23.3 Å². The second kappa shape index (κ2) is 11.7. The van der Waals surface area contributed by atoms with E-state index in [4.69, 9.17) is 10.3 Å². The van der Waals surface area contributed by atoms with Gasteiger partial charge in [0.25, 0.3) is 0 Å². The van der Waals surface area contributed by atoms with Crippen molar-refractivity contribution < 1.29 is 19.4 Å². The molecule has 41 heavy (non-hydrogen) atoms. The fourth-order valence-corrected chi connectivity index (χ4v) is 10.4. The number of rotatable bonds is 8. The van der Waals surface area contributed by atoms with Gasteiger partial charge in [0, 0.05) is 17.4 Å². The van der Waals surface area contributed by atoms with E-state index in [1.54, 1.807) is 0 Å². The van der Waals surface area contributed by atoms with Crippen LogP contribution in [0.5, 0.6) is 0 Å². The van der Waals surface area contributed by atoms with Crippen molar-refractivity contribution in [2.75, 3.05) is 6.61 Å². The van der Waals surface area contributed by atoms with Gasteiger partial charge in [0.1, 0.15) is 6.61 Å². The summed E-state index contributed by atoms with van der Waals surface area (Å²) in [6, 6.07) is 5.76. The highest BCUT2D eigenvalue weighted by molar-refractivity contribution is 5.94. The number of aliphatic hydroxyl groups excluding tert-OH is 1. The van der Waals surface area contributed by atoms with Crippen molar-refractivity contribution in [2.24, 2.45) is 51.5 Å². The molecule has 5 rings (SSSR count). The van der Waals surface area contributed by atoms with E-state index in [9.17, 15) is 14.7 Å². The van der Waals surface area contributed by atoms with Gasteiger partial charge in [-0.2, -0.15) is 0 Å². The van der Waals surface area contributed by atoms with Crippen molar-refractivity contribution in [1.82, 2.24) is 0 Å². The molecule has 1 aromatic rings. The van der Waals surface area contributed by atoms with E-state index in [0.717, 1.165) is 62.5 Å². The van der Waals surface area contributed by atoms with Crippen LogP contribution >= 0.6 is 0 Å². The third-order valence-corrected chi connectivity index (χ3v) is 12.6. The molecule has 10 atom stereocenters. The smallest absolute Gasteiger partial charge is 0.339 e. The summed E-state index contributed by atoms with van der Waals surface area (Å²) in [5.41, 5.74) is 11.7. The minimum atomic E-state index is -0.418. The molecule has 4 saturated carbocycles. The summed E-state index contributed by atoms with van der Waals surface area (Å²) in [6.45, 7) is 10.8. The van der Waals surface area contributed by atoms with Crippen molar-refractivity contribution in [3.63, 3.8) is 0 Å². The first-order valence-electron chi connectivity index (χ1n) is 16.0. The highest BCUT2D eigenvalue weighted by Crippen LogP contribution is 2.68. The molecule has 7 heteroatoms. The molecule has 0 aromatic heterocycles. The number of Topliss-reactive ketones (excluding diaryl/α,β-unsaturated/α-hetero) is 1. The number of aryl methyl sites for hydroxylation is 2. The Bertz CT molecular complexity index is 1190. The average Bonchev–Trinajstić information content (AvgIpc) is 3.28. The Morgan fingerprint density at radius 2 is 1.76 bits per heavy atom. The van der Waals surface area contributed by atoms with E-state index in [1.165, 1.54) is 6.42 Å². The summed E-state index contributed by atoms with van der Waals surface area (Å²) >= 11 is 0. The Hall–Kier alpha value is -2.37. The van der Waals surface area contributed by atoms with Crippen molar-refractivity contribution >= 4 is 11.8 Å². The van der Waals surface area contributed by atoms with E-state index in [1.807, 2.05) is 32.0 Å². The summed E-state index contributed by atoms with van der Waals surface area (Å²) in [4.78, 5) is 28.5. The first kappa shape index (κ1) is 30.1. The normalized spacial score (nSPS) is 38.5. The third kappa shape index (κ3) is 5.45. The number of benzene rings is 1. The fourth-order valence-electron chi connectivity index (χ4n) is 10.4. The average molecular weight is 564 g/mol. The molecule has 1 aromatic carbocycles. The van der Waals surface area contributed by atoms with Gasteiger partial charge in [-0.15, -0.1) is 0 Å². The standard InChI is InChI=1S/C34H49N3O4/c1-20(9-10-25(38)19-41-32(40)30-21(2)7-6-8-22(30)3)26-11-12-27-31-28(14-16-34(26,27)5)33(4)15-13-24(36-37-35)17-23(33)18-29(31)39/h6-8,20,23-24,26-29,31,39H,9-19H2,1-5H3/t20-,23+,24-,26-,27+,28+,29-,31+,33+,34-/m1/s1. The third-order valence-electron chi connectivity index (χ3n) is 12.6. The van der Waals surface area contributed by atoms with Crippen LogP contribution in [0.25, 0.3) is 10.4 Å². The lowest BCUT2D eigenvalue weighted by molar-refractivity contribution is -0.166. The number of esters is 1. The quantitative estimate of drug-likeness (QED) is 0.151. The first-order valence-corrected chi connectivity index (χ1v) is 16.0. The molecule has 0 spiro atoms. The zero-order valence-electron chi connectivity index (χ0n) is 25.6. The van der Waals surface area contributed by atoms with Gasteiger partial charge in [-0.1, -0.05) is 44.1 Å². The molecule has 224 valence electrons. The van der Waals surface area contributed by atoms with Crippen molar-refractivity contribution in [2.45, 2.75) is 111 Å². The molecule has 0 bridgehead atoms. The predicted octanol–water partition coefficient (Wildman–Crippen LogP) is 7.75. The topological polar surface area (TPSA) is 112 Å². The highest BCUT2D eigenvalue weighted by atomic mass is 16.5. The van der Waals surface area contributed by atoms with Crippen molar-refractivity contribution in [3.8, 4) is 0 Å². The molecule has 0 amide bonds. The van der Waals surface area contributed by atoms with Gasteiger partial charge in [0.05, 0.1) is 11.7 Å². The molecule has 1 N–H and O–H groups in total. The fraction of sp³-hybridized carbons (Fsp3) is 0.765. The molecule has 0 unspecified atom stereocenters. The zero-order valence-corrected chi connectivity index (χ0v) is 25.6. The number of carbonyl (C=O) groups is 2. The number of nitrogens with zero attached hydrogens (tertiary/aromatic N) is 3. The van der Waals surface area contributed by atoms with Crippen LogP contribution in [0, 0.1) is 60.2 Å². The van der Waals surface area contributed by atoms with Crippen LogP contribution in [0.1, 0.15) is 106 Å². The summed E-state index contributed by atoms with van der Waals surface area (Å²) in [5.74, 6) is 2.33. The molecule has 0 radical (unpaired) electrons. The van der Waals surface area contributed by atoms with Gasteiger partial charge in [0.15, 0.2) is 5.78 Å². The maximum atomic E-state index is 12.8. The van der Waals surface area contributed by atoms with Gasteiger partial charge in [0.2, 0.25) is 0 Å². The number of ether oxygens (including phenoxy) is 1. The maximum Gasteiger partial charge on any atom is 0.339 e. The number of hydrogen-bond acceptors (Lipinski definition) is 5. The van der Waals surface area contributed by atoms with E-state index in [-0.39, 0.29) is 35.4 Å². The van der Waals surface area contributed by atoms with Crippen LogP contribution in [0.4, 0.5) is 0 Å². The minimum Gasteiger partial charge on any atom is -0.454 e. The predicted molar refractivity (Wildman–Crippen MR) is 159 cm³/mol. The first-order chi connectivity index (χ1) is 19.5. The Balaban J connectivity index is 1.18. The molecule has 0 heterocycles. The molecule has 4 aliphatic carbocycles. The van der Waals surface area contributed by atoms with Crippen molar-refractivity contribution in [3.05, 3.63) is 45.3 Å². The largest absolute Gasteiger partial charge is 0.454 e. The molecule has 0 aliphatic heterocycles. The number of carbonyl (C=O) groups excluding carboxylic acids is 2. The Morgan fingerprint density at radius 3 is 2.46 bits per heavy atom. The van der Waals surface area contributed by atoms with Crippen molar-refractivity contribution in [1.29, 1.82) is 0 Å². The van der Waals surface area contributed by atoms with E-state index < -0.39 is 5.97 Å². The lowest BCUT2D eigenvalue weighted by Gasteiger charge is -2.62. The Morgan fingerprint density at radius 1 is 1.07 bits per heavy atom. The lowest BCUT2D eigenvalue weighted by Crippen LogP contribution is -2.58. The molecule has 0 saturated heterocycles. The summed E-state index contributed by atoms with van der Waals surface area (Å²) in [6.07, 6.45) is 9.42. The van der Waals surface area contributed by atoms with Gasteiger partial charge in [-0.3, -0.25) is 4.79 Å². The van der Waals surface area contributed by atoms with E-state index >= 15 is 0 Å². The maximum absolute atomic E-state index is 12.8. The Labute approximate surface area is 245 Å². The van der Waals surface area contributed by atoms with Crippen LogP contribution in [-0.2, 0) is 9.53 Å². The number of fused-ring (bicyclic) bond motifs is 5. The number of aliphatic hydroxyl groups is 1. The van der Waals surface area contributed by atoms with Gasteiger partial charge >= 0.3 is 5.97 Å². The van der Waals surface area contributed by atoms with Crippen LogP contribution in [-0.4, -0.2) is 35.6 Å². The van der Waals surface area contributed by atoms with Crippen LogP contribution in [0.2, 0.25) is 0 Å². The lowest BCUT2D eigenvalue weighted by atomic mass is 9.43. The highest BCUT2D eigenvalue weighted by Gasteiger charge is 2.62. The monoisotopic (exact) mass is 563 g/mol. The SMILES string of the molecule is Cc1cccc(C)c1C(=O)OCC(=O)CC[C@@H](C)[C@H]1CC[C@H]2[C@@H]3[C@H](O)C[C@@H]4C[C@H](N=[N+]=[N-])CC[C@]4(C)[C@H]3CC[C@]12C. The number of ketones is 1. The molecule has 7 nitrogen and oxygen atoms in total. The summed E-state index contributed by atoms with van der Waals surface area (Å²) in [5, 5.41) is 15.6. The van der Waals surface area contributed by atoms with Crippen LogP contribution < -0.4 is 0 Å². The van der Waals surface area contributed by atoms with E-state index in [2.05, 4.69) is 30.8 Å². The van der Waals surface area contributed by atoms with Gasteiger partial charge < -0.3 is 9.84 Å². The molecule has 4 fully saturated rings. The minimum absolute atomic E-state index is 0.0159. The molecular weight excluding hydrogens is 514 g/mol. The van der Waals surface area contributed by atoms with Crippen LogP contribution in [0.3, 0.4) is 0 Å². The second-order valence-electron chi connectivity index (χ2n) is 14.6. The Kier molecular flexibility index (Phi) is 8.61. The van der Waals surface area contributed by atoms with Gasteiger partial charge in [-0.25, -0.2) is 4.79 Å². The number of hydrogen-bond donors (Lipinski definition) is 1.